The van der Waals surface area contributed by atoms with E-state index in [4.69, 9.17) is 9.97 Å². The molecule has 4 aromatic carbocycles. The van der Waals surface area contributed by atoms with Crippen LogP contribution in [0.15, 0.2) is 170 Å². The Hall–Kier alpha value is -6.92. The molecule has 0 aliphatic rings. The van der Waals surface area contributed by atoms with Gasteiger partial charge in [-0.1, -0.05) is 78.9 Å². The molecule has 0 spiro atoms. The number of benzene rings is 4. The van der Waals surface area contributed by atoms with Gasteiger partial charge >= 0.3 is 0 Å². The zero-order valence-corrected chi connectivity index (χ0v) is 26.8. The summed E-state index contributed by atoms with van der Waals surface area (Å²) in [6.45, 7) is 0. The van der Waals surface area contributed by atoms with Crippen LogP contribution in [-0.4, -0.2) is 29.1 Å². The molecule has 0 bridgehead atoms. The Morgan fingerprint density at radius 2 is 1.12 bits per heavy atom. The average molecular weight is 641 g/mol. The Labute approximate surface area is 287 Å². The molecule has 0 radical (unpaired) electrons. The van der Waals surface area contributed by atoms with Gasteiger partial charge in [-0.3, -0.25) is 14.5 Å². The van der Waals surface area contributed by atoms with Crippen LogP contribution in [0.1, 0.15) is 0 Å². The minimum Gasteiger partial charge on any atom is -0.309 e. The first kappa shape index (κ1) is 28.1. The largest absolute Gasteiger partial charge is 0.309 e. The minimum atomic E-state index is 0.751. The highest BCUT2D eigenvalue weighted by atomic mass is 15.1. The van der Waals surface area contributed by atoms with Gasteiger partial charge in [-0.15, -0.1) is 0 Å². The zero-order chi connectivity index (χ0) is 33.0. The molecule has 0 N–H and O–H groups in total. The average Bonchev–Trinajstić information content (AvgIpc) is 3.71. The van der Waals surface area contributed by atoms with Crippen molar-refractivity contribution in [2.45, 2.75) is 0 Å². The highest BCUT2D eigenvalue weighted by molar-refractivity contribution is 6.15. The second-order valence-electron chi connectivity index (χ2n) is 12.4. The Morgan fingerprint density at radius 1 is 0.400 bits per heavy atom. The van der Waals surface area contributed by atoms with E-state index in [0.29, 0.717) is 0 Å². The molecule has 234 valence electrons. The molecule has 0 unspecified atom stereocenters. The predicted molar refractivity (Wildman–Crippen MR) is 203 cm³/mol. The van der Waals surface area contributed by atoms with Crippen LogP contribution < -0.4 is 0 Å². The smallest absolute Gasteiger partial charge is 0.146 e. The van der Waals surface area contributed by atoms with Gasteiger partial charge < -0.3 is 4.57 Å². The van der Waals surface area contributed by atoms with Crippen molar-refractivity contribution in [2.24, 2.45) is 0 Å². The van der Waals surface area contributed by atoms with E-state index in [0.717, 1.165) is 67.2 Å². The molecule has 0 atom stereocenters. The summed E-state index contributed by atoms with van der Waals surface area (Å²) in [6, 6.07) is 52.8. The first-order valence-corrected chi connectivity index (χ1v) is 16.6. The number of aromatic nitrogens is 6. The van der Waals surface area contributed by atoms with Crippen LogP contribution in [0.2, 0.25) is 0 Å². The lowest BCUT2D eigenvalue weighted by atomic mass is 10.0. The molecule has 50 heavy (non-hydrogen) atoms. The molecule has 0 aliphatic carbocycles. The SMILES string of the molecule is c1ccc(-n2c3ccccc3c3cccc(-c4ccc5c6cccnc6n(-c6cc(-c7ccccn7)cc(-c7ccccn7)n6)c5c4)c32)cc1. The van der Waals surface area contributed by atoms with E-state index in [1.807, 2.05) is 54.9 Å². The molecule has 0 fully saturated rings. The maximum Gasteiger partial charge on any atom is 0.146 e. The van der Waals surface area contributed by atoms with Gasteiger partial charge in [0.05, 0.1) is 33.6 Å². The first-order chi connectivity index (χ1) is 24.8. The molecule has 6 heteroatoms. The summed E-state index contributed by atoms with van der Waals surface area (Å²) in [7, 11) is 0. The molecule has 0 aliphatic heterocycles. The van der Waals surface area contributed by atoms with Crippen LogP contribution in [-0.2, 0) is 0 Å². The molecular weight excluding hydrogens is 613 g/mol. The maximum absolute atomic E-state index is 5.24. The third kappa shape index (κ3) is 4.43. The van der Waals surface area contributed by atoms with E-state index in [1.165, 1.54) is 21.8 Å². The molecule has 6 aromatic heterocycles. The number of hydrogen-bond acceptors (Lipinski definition) is 4. The van der Waals surface area contributed by atoms with E-state index in [9.17, 15) is 0 Å². The molecule has 0 amide bonds. The summed E-state index contributed by atoms with van der Waals surface area (Å²) in [5.41, 5.74) is 11.0. The van der Waals surface area contributed by atoms with Gasteiger partial charge in [-0.05, 0) is 78.4 Å². The predicted octanol–water partition coefficient (Wildman–Crippen LogP) is 10.5. The van der Waals surface area contributed by atoms with Gasteiger partial charge in [-0.25, -0.2) is 9.97 Å². The summed E-state index contributed by atoms with van der Waals surface area (Å²) in [5, 5.41) is 4.62. The number of rotatable bonds is 5. The van der Waals surface area contributed by atoms with Gasteiger partial charge in [0.2, 0.25) is 0 Å². The summed E-state index contributed by atoms with van der Waals surface area (Å²) < 4.78 is 4.57. The second kappa shape index (κ2) is 11.4. The van der Waals surface area contributed by atoms with Crippen molar-refractivity contribution in [1.82, 2.24) is 29.1 Å². The zero-order valence-electron chi connectivity index (χ0n) is 26.8. The lowest BCUT2D eigenvalue weighted by Crippen LogP contribution is -2.02. The normalized spacial score (nSPS) is 11.6. The van der Waals surface area contributed by atoms with Crippen molar-refractivity contribution >= 4 is 43.7 Å². The van der Waals surface area contributed by atoms with Crippen LogP contribution >= 0.6 is 0 Å². The Balaban J connectivity index is 1.27. The van der Waals surface area contributed by atoms with E-state index in [2.05, 4.69) is 128 Å². The minimum absolute atomic E-state index is 0.751. The lowest BCUT2D eigenvalue weighted by Gasteiger charge is -2.13. The molecule has 6 nitrogen and oxygen atoms in total. The van der Waals surface area contributed by atoms with Crippen LogP contribution in [0.5, 0.6) is 0 Å². The van der Waals surface area contributed by atoms with E-state index in [-0.39, 0.29) is 0 Å². The first-order valence-electron chi connectivity index (χ1n) is 16.6. The number of fused-ring (bicyclic) bond motifs is 6. The Kier molecular flexibility index (Phi) is 6.39. The Morgan fingerprint density at radius 3 is 1.96 bits per heavy atom. The fourth-order valence-corrected chi connectivity index (χ4v) is 7.30. The van der Waals surface area contributed by atoms with Crippen molar-refractivity contribution in [2.75, 3.05) is 0 Å². The Bertz CT molecular complexity index is 2800. The molecule has 0 saturated heterocycles. The summed E-state index contributed by atoms with van der Waals surface area (Å²) in [5.74, 6) is 0.751. The van der Waals surface area contributed by atoms with Crippen LogP contribution in [0.4, 0.5) is 0 Å². The summed E-state index contributed by atoms with van der Waals surface area (Å²) in [4.78, 5) is 19.5. The van der Waals surface area contributed by atoms with Crippen molar-refractivity contribution in [3.8, 4) is 45.3 Å². The summed E-state index contributed by atoms with van der Waals surface area (Å²) in [6.07, 6.45) is 5.47. The van der Waals surface area contributed by atoms with Crippen molar-refractivity contribution in [3.05, 3.63) is 170 Å². The quantitative estimate of drug-likeness (QED) is 0.188. The van der Waals surface area contributed by atoms with Gasteiger partial charge in [0.15, 0.2) is 0 Å². The highest BCUT2D eigenvalue weighted by Gasteiger charge is 2.20. The maximum atomic E-state index is 5.24. The molecular formula is C44H28N6. The number of nitrogens with zero attached hydrogens (tertiary/aromatic N) is 6. The monoisotopic (exact) mass is 640 g/mol. The standard InChI is InChI=1S/C44H28N6/c1-2-12-31(13-3-1)49-40-20-5-4-14-33(40)35-16-10-15-32(43(35)49)29-21-22-34-36-17-11-25-47-44(36)50(41(34)27-29)42-28-30(37-18-6-8-23-45-37)26-39(48-42)38-19-7-9-24-46-38/h1-28H. The van der Waals surface area contributed by atoms with E-state index >= 15 is 0 Å². The number of para-hydroxylation sites is 3. The van der Waals surface area contributed by atoms with E-state index in [1.54, 1.807) is 6.20 Å². The topological polar surface area (TPSA) is 61.4 Å². The molecule has 10 aromatic rings. The van der Waals surface area contributed by atoms with Crippen LogP contribution in [0.25, 0.3) is 89.0 Å². The highest BCUT2D eigenvalue weighted by Crippen LogP contribution is 2.40. The van der Waals surface area contributed by atoms with Gasteiger partial charge in [0.25, 0.3) is 0 Å². The molecule has 6 heterocycles. The van der Waals surface area contributed by atoms with Crippen LogP contribution in [0, 0.1) is 0 Å². The molecule has 10 rings (SSSR count). The number of hydrogen-bond donors (Lipinski definition) is 0. The molecule has 0 saturated carbocycles. The van der Waals surface area contributed by atoms with Crippen LogP contribution in [0.3, 0.4) is 0 Å². The van der Waals surface area contributed by atoms with Gasteiger partial charge in [-0.2, -0.15) is 0 Å². The second-order valence-corrected chi connectivity index (χ2v) is 12.4. The van der Waals surface area contributed by atoms with Crippen molar-refractivity contribution in [3.63, 3.8) is 0 Å². The van der Waals surface area contributed by atoms with E-state index < -0.39 is 0 Å². The lowest BCUT2D eigenvalue weighted by molar-refractivity contribution is 1.05. The van der Waals surface area contributed by atoms with Gasteiger partial charge in [0, 0.05) is 56.9 Å². The fraction of sp³-hybridized carbons (Fsp3) is 0. The third-order valence-corrected chi connectivity index (χ3v) is 9.48. The third-order valence-electron chi connectivity index (χ3n) is 9.48. The number of pyridine rings is 4. The van der Waals surface area contributed by atoms with Crippen molar-refractivity contribution in [1.29, 1.82) is 0 Å². The summed E-state index contributed by atoms with van der Waals surface area (Å²) >= 11 is 0. The van der Waals surface area contributed by atoms with Gasteiger partial charge in [0.1, 0.15) is 11.5 Å². The van der Waals surface area contributed by atoms with Crippen molar-refractivity contribution < 1.29 is 0 Å². The fourth-order valence-electron chi connectivity index (χ4n) is 7.30.